The largest absolute Gasteiger partial charge is 0.493 e. The second-order valence-corrected chi connectivity index (χ2v) is 8.45. The Bertz CT molecular complexity index is 1260. The molecule has 0 spiro atoms. The minimum atomic E-state index is -0.792. The molecule has 0 saturated carbocycles. The highest BCUT2D eigenvalue weighted by atomic mass is 16.5. The summed E-state index contributed by atoms with van der Waals surface area (Å²) in [5.41, 5.74) is 5.80. The van der Waals surface area contributed by atoms with E-state index in [0.717, 1.165) is 45.2 Å². The summed E-state index contributed by atoms with van der Waals surface area (Å²) in [7, 11) is 0. The SMILES string of the molecule is Cc1cc(OCC(C)c2nc(-c3ccc(-c4ccccn4)cc3)oc2C)ccc1CCC(=O)O. The van der Waals surface area contributed by atoms with Gasteiger partial charge in [0.2, 0.25) is 5.89 Å². The van der Waals surface area contributed by atoms with Gasteiger partial charge in [0.1, 0.15) is 11.5 Å². The predicted octanol–water partition coefficient (Wildman–Crippen LogP) is 6.22. The first-order chi connectivity index (χ1) is 16.4. The molecule has 0 aliphatic rings. The van der Waals surface area contributed by atoms with Gasteiger partial charge in [0.05, 0.1) is 18.0 Å². The number of benzene rings is 2. The van der Waals surface area contributed by atoms with Crippen LogP contribution in [0.4, 0.5) is 0 Å². The highest BCUT2D eigenvalue weighted by molar-refractivity contribution is 5.67. The molecule has 0 aliphatic carbocycles. The number of carbonyl (C=O) groups is 1. The number of aromatic nitrogens is 2. The van der Waals surface area contributed by atoms with E-state index in [1.165, 1.54) is 0 Å². The average molecular weight is 457 g/mol. The van der Waals surface area contributed by atoms with Crippen molar-refractivity contribution in [3.8, 4) is 28.5 Å². The van der Waals surface area contributed by atoms with Gasteiger partial charge in [0.15, 0.2) is 0 Å². The lowest BCUT2D eigenvalue weighted by atomic mass is 10.0. The van der Waals surface area contributed by atoms with Crippen LogP contribution in [0.15, 0.2) is 71.3 Å². The Labute approximate surface area is 199 Å². The fourth-order valence-electron chi connectivity index (χ4n) is 3.89. The maximum atomic E-state index is 10.8. The first-order valence-electron chi connectivity index (χ1n) is 11.3. The molecule has 1 unspecified atom stereocenters. The van der Waals surface area contributed by atoms with Crippen molar-refractivity contribution in [1.82, 2.24) is 9.97 Å². The number of rotatable bonds is 9. The van der Waals surface area contributed by atoms with Gasteiger partial charge in [-0.1, -0.05) is 31.2 Å². The third-order valence-electron chi connectivity index (χ3n) is 5.81. The minimum absolute atomic E-state index is 0.0392. The van der Waals surface area contributed by atoms with Gasteiger partial charge in [-0.05, 0) is 67.8 Å². The normalized spacial score (nSPS) is 11.9. The van der Waals surface area contributed by atoms with Crippen molar-refractivity contribution in [3.63, 3.8) is 0 Å². The van der Waals surface area contributed by atoms with E-state index >= 15 is 0 Å². The van der Waals surface area contributed by atoms with Crippen LogP contribution in [-0.4, -0.2) is 27.7 Å². The Kier molecular flexibility index (Phi) is 7.07. The number of carboxylic acid groups (broad SMARTS) is 1. The molecular formula is C28H28N2O4. The topological polar surface area (TPSA) is 85.5 Å². The molecule has 6 heteroatoms. The van der Waals surface area contributed by atoms with Crippen LogP contribution in [0, 0.1) is 13.8 Å². The molecule has 1 N–H and O–H groups in total. The van der Waals surface area contributed by atoms with Gasteiger partial charge in [-0.2, -0.15) is 0 Å². The maximum Gasteiger partial charge on any atom is 0.303 e. The van der Waals surface area contributed by atoms with Gasteiger partial charge in [-0.3, -0.25) is 9.78 Å². The van der Waals surface area contributed by atoms with Gasteiger partial charge < -0.3 is 14.3 Å². The second-order valence-electron chi connectivity index (χ2n) is 8.45. The van der Waals surface area contributed by atoms with Gasteiger partial charge in [-0.15, -0.1) is 0 Å². The Hall–Kier alpha value is -3.93. The van der Waals surface area contributed by atoms with Crippen molar-refractivity contribution in [1.29, 1.82) is 0 Å². The zero-order valence-electron chi connectivity index (χ0n) is 19.6. The third-order valence-corrected chi connectivity index (χ3v) is 5.81. The van der Waals surface area contributed by atoms with E-state index in [-0.39, 0.29) is 12.3 Å². The smallest absolute Gasteiger partial charge is 0.303 e. The van der Waals surface area contributed by atoms with Crippen molar-refractivity contribution < 1.29 is 19.1 Å². The monoisotopic (exact) mass is 456 g/mol. The number of nitrogens with zero attached hydrogens (tertiary/aromatic N) is 2. The number of aliphatic carboxylic acids is 1. The number of hydrogen-bond acceptors (Lipinski definition) is 5. The lowest BCUT2D eigenvalue weighted by Crippen LogP contribution is -2.09. The molecule has 6 nitrogen and oxygen atoms in total. The second kappa shape index (κ2) is 10.3. The molecule has 34 heavy (non-hydrogen) atoms. The van der Waals surface area contributed by atoms with E-state index in [9.17, 15) is 4.79 Å². The first-order valence-corrected chi connectivity index (χ1v) is 11.3. The van der Waals surface area contributed by atoms with Gasteiger partial charge in [0, 0.05) is 29.7 Å². The van der Waals surface area contributed by atoms with Crippen molar-refractivity contribution in [2.24, 2.45) is 0 Å². The molecule has 0 bridgehead atoms. The van der Waals surface area contributed by atoms with E-state index < -0.39 is 5.97 Å². The molecule has 2 aromatic heterocycles. The molecular weight excluding hydrogens is 428 g/mol. The van der Waals surface area contributed by atoms with Gasteiger partial charge in [-0.25, -0.2) is 4.98 Å². The first kappa shape index (κ1) is 23.2. The molecule has 2 aromatic carbocycles. The summed E-state index contributed by atoms with van der Waals surface area (Å²) >= 11 is 0. The molecule has 2 heterocycles. The average Bonchev–Trinajstić information content (AvgIpc) is 3.24. The summed E-state index contributed by atoms with van der Waals surface area (Å²) in [6.45, 7) is 6.42. The Morgan fingerprint density at radius 1 is 1.06 bits per heavy atom. The highest BCUT2D eigenvalue weighted by Gasteiger charge is 2.18. The molecule has 0 radical (unpaired) electrons. The fourth-order valence-corrected chi connectivity index (χ4v) is 3.89. The molecule has 0 aliphatic heterocycles. The molecule has 4 aromatic rings. The van der Waals surface area contributed by atoms with E-state index in [4.69, 9.17) is 19.2 Å². The Balaban J connectivity index is 1.41. The summed E-state index contributed by atoms with van der Waals surface area (Å²) in [4.78, 5) is 20.0. The van der Waals surface area contributed by atoms with E-state index in [0.29, 0.717) is 18.9 Å². The lowest BCUT2D eigenvalue weighted by molar-refractivity contribution is -0.136. The van der Waals surface area contributed by atoms with Gasteiger partial charge in [0.25, 0.3) is 0 Å². The number of pyridine rings is 1. The van der Waals surface area contributed by atoms with Crippen LogP contribution in [0.25, 0.3) is 22.7 Å². The molecule has 0 fully saturated rings. The fraction of sp³-hybridized carbons (Fsp3) is 0.250. The minimum Gasteiger partial charge on any atom is -0.493 e. The van der Waals surface area contributed by atoms with Crippen molar-refractivity contribution in [2.75, 3.05) is 6.61 Å². The zero-order chi connectivity index (χ0) is 24.1. The molecule has 0 saturated heterocycles. The van der Waals surface area contributed by atoms with Crippen LogP contribution in [0.2, 0.25) is 0 Å². The molecule has 1 atom stereocenters. The number of carboxylic acids is 1. The van der Waals surface area contributed by atoms with Gasteiger partial charge >= 0.3 is 5.97 Å². The summed E-state index contributed by atoms with van der Waals surface area (Å²) in [6.07, 6.45) is 2.42. The van der Waals surface area contributed by atoms with Crippen LogP contribution < -0.4 is 4.74 Å². The van der Waals surface area contributed by atoms with E-state index in [1.54, 1.807) is 6.20 Å². The lowest BCUT2D eigenvalue weighted by Gasteiger charge is -2.13. The van der Waals surface area contributed by atoms with Crippen molar-refractivity contribution in [3.05, 3.63) is 89.4 Å². The predicted molar refractivity (Wildman–Crippen MR) is 131 cm³/mol. The zero-order valence-corrected chi connectivity index (χ0v) is 19.6. The quantitative estimate of drug-likeness (QED) is 0.322. The summed E-state index contributed by atoms with van der Waals surface area (Å²) < 4.78 is 12.0. The standard InChI is InChI=1S/C28H28N2O4/c1-18-16-24(13-11-21(18)12-14-26(31)32)33-17-19(2)27-20(3)34-28(30-27)23-9-7-22(8-10-23)25-6-4-5-15-29-25/h4-11,13,15-16,19H,12,14,17H2,1-3H3,(H,31,32). The maximum absolute atomic E-state index is 10.8. The molecule has 4 rings (SSSR count). The highest BCUT2D eigenvalue weighted by Crippen LogP contribution is 2.29. The summed E-state index contributed by atoms with van der Waals surface area (Å²) in [5.74, 6) is 1.37. The van der Waals surface area contributed by atoms with E-state index in [2.05, 4.69) is 11.9 Å². The third kappa shape index (κ3) is 5.52. The Morgan fingerprint density at radius 2 is 1.82 bits per heavy atom. The summed E-state index contributed by atoms with van der Waals surface area (Å²) in [6, 6.07) is 19.7. The van der Waals surface area contributed by atoms with Crippen LogP contribution in [0.1, 0.15) is 41.8 Å². The number of hydrogen-bond donors (Lipinski definition) is 1. The van der Waals surface area contributed by atoms with Crippen molar-refractivity contribution >= 4 is 5.97 Å². The van der Waals surface area contributed by atoms with Crippen LogP contribution >= 0.6 is 0 Å². The molecule has 0 amide bonds. The molecule has 174 valence electrons. The number of ether oxygens (including phenoxy) is 1. The Morgan fingerprint density at radius 3 is 2.50 bits per heavy atom. The van der Waals surface area contributed by atoms with E-state index in [1.807, 2.05) is 74.5 Å². The number of oxazole rings is 1. The van der Waals surface area contributed by atoms with Crippen LogP contribution in [0.5, 0.6) is 5.75 Å². The van der Waals surface area contributed by atoms with Crippen molar-refractivity contribution in [2.45, 2.75) is 39.5 Å². The number of aryl methyl sites for hydroxylation is 3. The van der Waals surface area contributed by atoms with Crippen LogP contribution in [0.3, 0.4) is 0 Å². The summed E-state index contributed by atoms with van der Waals surface area (Å²) in [5, 5.41) is 8.89. The van der Waals surface area contributed by atoms with Crippen LogP contribution in [-0.2, 0) is 11.2 Å².